The van der Waals surface area contributed by atoms with Crippen LogP contribution in [0, 0.1) is 5.41 Å². The summed E-state index contributed by atoms with van der Waals surface area (Å²) >= 11 is 0. The quantitative estimate of drug-likeness (QED) is 0.805. The molecule has 2 rings (SSSR count). The van der Waals surface area contributed by atoms with Gasteiger partial charge in [-0.15, -0.1) is 12.4 Å². The Morgan fingerprint density at radius 1 is 1.50 bits per heavy atom. The van der Waals surface area contributed by atoms with Crippen LogP contribution in [0.4, 0.5) is 0 Å². The predicted octanol–water partition coefficient (Wildman–Crippen LogP) is 1.01. The number of rotatable bonds is 4. The number of halogens is 1. The molecule has 0 saturated carbocycles. The summed E-state index contributed by atoms with van der Waals surface area (Å²) in [4.78, 5) is 14.1. The first-order valence-electron chi connectivity index (χ1n) is 6.86. The Kier molecular flexibility index (Phi) is 5.89. The number of nitrogens with one attached hydrogen (secondary N) is 2. The number of carbonyl (C=O) groups excluding carboxylic acids is 1. The molecule has 2 aliphatic rings. The Bertz CT molecular complexity index is 279. The third-order valence-electron chi connectivity index (χ3n) is 4.24. The summed E-state index contributed by atoms with van der Waals surface area (Å²) in [6, 6.07) is 0.298. The fourth-order valence-corrected chi connectivity index (χ4v) is 2.93. The zero-order chi connectivity index (χ0) is 12.3. The Hall–Kier alpha value is -0.320. The highest BCUT2D eigenvalue weighted by atomic mass is 35.5. The standard InChI is InChI=1S/C13H25N3O.ClH/c1-3-11(2)15-12(17)8-16-7-5-13(10-16)4-6-14-9-13;/h11,14H,3-10H2,1-2H3,(H,15,17);1H. The van der Waals surface area contributed by atoms with Crippen molar-refractivity contribution >= 4 is 18.3 Å². The van der Waals surface area contributed by atoms with E-state index in [1.807, 2.05) is 0 Å². The minimum atomic E-state index is 0. The van der Waals surface area contributed by atoms with Gasteiger partial charge in [0, 0.05) is 19.1 Å². The van der Waals surface area contributed by atoms with E-state index in [-0.39, 0.29) is 18.3 Å². The maximum absolute atomic E-state index is 11.8. The lowest BCUT2D eigenvalue weighted by atomic mass is 9.87. The minimum absolute atomic E-state index is 0. The fourth-order valence-electron chi connectivity index (χ4n) is 2.93. The van der Waals surface area contributed by atoms with Gasteiger partial charge < -0.3 is 10.6 Å². The lowest BCUT2D eigenvalue weighted by Gasteiger charge is -2.23. The van der Waals surface area contributed by atoms with E-state index in [9.17, 15) is 4.79 Å². The topological polar surface area (TPSA) is 44.4 Å². The molecule has 0 aromatic rings. The largest absolute Gasteiger partial charge is 0.353 e. The molecule has 2 aliphatic heterocycles. The highest BCUT2D eigenvalue weighted by Crippen LogP contribution is 2.35. The first-order valence-corrected chi connectivity index (χ1v) is 6.86. The van der Waals surface area contributed by atoms with E-state index in [2.05, 4.69) is 29.4 Å². The van der Waals surface area contributed by atoms with Gasteiger partial charge in [-0.2, -0.15) is 0 Å². The minimum Gasteiger partial charge on any atom is -0.353 e. The van der Waals surface area contributed by atoms with Gasteiger partial charge in [0.2, 0.25) is 5.91 Å². The van der Waals surface area contributed by atoms with Crippen molar-refractivity contribution in [2.45, 2.75) is 39.2 Å². The Labute approximate surface area is 116 Å². The van der Waals surface area contributed by atoms with Crippen molar-refractivity contribution in [3.05, 3.63) is 0 Å². The monoisotopic (exact) mass is 275 g/mol. The van der Waals surface area contributed by atoms with Crippen LogP contribution in [-0.4, -0.2) is 49.6 Å². The van der Waals surface area contributed by atoms with Crippen molar-refractivity contribution in [2.24, 2.45) is 5.41 Å². The van der Waals surface area contributed by atoms with Gasteiger partial charge in [0.15, 0.2) is 0 Å². The molecule has 2 unspecified atom stereocenters. The zero-order valence-electron chi connectivity index (χ0n) is 11.5. The summed E-state index contributed by atoms with van der Waals surface area (Å²) in [6.45, 7) is 9.18. The van der Waals surface area contributed by atoms with E-state index in [1.54, 1.807) is 0 Å². The second kappa shape index (κ2) is 6.73. The number of amides is 1. The van der Waals surface area contributed by atoms with Gasteiger partial charge in [-0.05, 0) is 44.7 Å². The molecule has 0 aliphatic carbocycles. The van der Waals surface area contributed by atoms with E-state index < -0.39 is 0 Å². The van der Waals surface area contributed by atoms with E-state index in [4.69, 9.17) is 0 Å². The van der Waals surface area contributed by atoms with Crippen molar-refractivity contribution in [3.8, 4) is 0 Å². The molecule has 0 aromatic carbocycles. The summed E-state index contributed by atoms with van der Waals surface area (Å²) < 4.78 is 0. The molecule has 4 nitrogen and oxygen atoms in total. The smallest absolute Gasteiger partial charge is 0.234 e. The molecular weight excluding hydrogens is 250 g/mol. The van der Waals surface area contributed by atoms with Crippen molar-refractivity contribution in [1.29, 1.82) is 0 Å². The number of hydrogen-bond acceptors (Lipinski definition) is 3. The van der Waals surface area contributed by atoms with Gasteiger partial charge in [0.25, 0.3) is 0 Å². The average Bonchev–Trinajstić information content (AvgIpc) is 2.90. The summed E-state index contributed by atoms with van der Waals surface area (Å²) in [5.41, 5.74) is 0.469. The van der Waals surface area contributed by atoms with Crippen molar-refractivity contribution < 1.29 is 4.79 Å². The lowest BCUT2D eigenvalue weighted by molar-refractivity contribution is -0.122. The second-order valence-corrected chi connectivity index (χ2v) is 5.76. The van der Waals surface area contributed by atoms with Crippen LogP contribution in [0.25, 0.3) is 0 Å². The number of hydrogen-bond donors (Lipinski definition) is 2. The Balaban J connectivity index is 0.00000162. The average molecular weight is 276 g/mol. The molecule has 18 heavy (non-hydrogen) atoms. The maximum Gasteiger partial charge on any atom is 0.234 e. The van der Waals surface area contributed by atoms with Crippen molar-refractivity contribution in [2.75, 3.05) is 32.7 Å². The van der Waals surface area contributed by atoms with Gasteiger partial charge in [-0.1, -0.05) is 6.92 Å². The molecule has 1 spiro atoms. The van der Waals surface area contributed by atoms with Gasteiger partial charge in [-0.3, -0.25) is 9.69 Å². The van der Waals surface area contributed by atoms with Crippen molar-refractivity contribution in [1.82, 2.24) is 15.5 Å². The predicted molar refractivity (Wildman–Crippen MR) is 76.1 cm³/mol. The molecule has 0 aromatic heterocycles. The van der Waals surface area contributed by atoms with Gasteiger partial charge in [-0.25, -0.2) is 0 Å². The molecule has 5 heteroatoms. The van der Waals surface area contributed by atoms with E-state index in [1.165, 1.54) is 12.8 Å². The maximum atomic E-state index is 11.8. The Morgan fingerprint density at radius 3 is 2.89 bits per heavy atom. The first kappa shape index (κ1) is 15.7. The Morgan fingerprint density at radius 2 is 2.28 bits per heavy atom. The van der Waals surface area contributed by atoms with Crippen LogP contribution < -0.4 is 10.6 Å². The van der Waals surface area contributed by atoms with Gasteiger partial charge in [0.05, 0.1) is 6.54 Å². The summed E-state index contributed by atoms with van der Waals surface area (Å²) in [5.74, 6) is 0.183. The fraction of sp³-hybridized carbons (Fsp3) is 0.923. The lowest BCUT2D eigenvalue weighted by Crippen LogP contribution is -2.41. The van der Waals surface area contributed by atoms with Crippen LogP contribution in [0.5, 0.6) is 0 Å². The SMILES string of the molecule is CCC(C)NC(=O)CN1CCC2(CCNC2)C1.Cl. The van der Waals surface area contributed by atoms with Crippen LogP contribution in [0.15, 0.2) is 0 Å². The van der Waals surface area contributed by atoms with Gasteiger partial charge in [0.1, 0.15) is 0 Å². The van der Waals surface area contributed by atoms with Crippen LogP contribution in [0.2, 0.25) is 0 Å². The van der Waals surface area contributed by atoms with Crippen LogP contribution in [0.3, 0.4) is 0 Å². The van der Waals surface area contributed by atoms with Crippen LogP contribution in [0.1, 0.15) is 33.1 Å². The molecule has 106 valence electrons. The number of likely N-dealkylation sites (tertiary alicyclic amines) is 1. The molecular formula is C13H26ClN3O. The summed E-state index contributed by atoms with van der Waals surface area (Å²) in [7, 11) is 0. The molecule has 2 N–H and O–H groups in total. The molecule has 1 amide bonds. The molecule has 0 radical (unpaired) electrons. The first-order chi connectivity index (χ1) is 8.13. The molecule has 0 bridgehead atoms. The normalized spacial score (nSPS) is 29.2. The van der Waals surface area contributed by atoms with E-state index in [0.29, 0.717) is 18.0 Å². The number of carbonyl (C=O) groups is 1. The number of nitrogens with zero attached hydrogens (tertiary/aromatic N) is 1. The third kappa shape index (κ3) is 3.84. The zero-order valence-corrected chi connectivity index (χ0v) is 12.3. The van der Waals surface area contributed by atoms with Crippen LogP contribution in [-0.2, 0) is 4.79 Å². The van der Waals surface area contributed by atoms with Gasteiger partial charge >= 0.3 is 0 Å². The highest BCUT2D eigenvalue weighted by molar-refractivity contribution is 5.85. The molecule has 2 atom stereocenters. The van der Waals surface area contributed by atoms with Crippen LogP contribution >= 0.6 is 12.4 Å². The summed E-state index contributed by atoms with van der Waals surface area (Å²) in [5, 5.41) is 6.48. The molecule has 2 saturated heterocycles. The van der Waals surface area contributed by atoms with Crippen molar-refractivity contribution in [3.63, 3.8) is 0 Å². The highest BCUT2D eigenvalue weighted by Gasteiger charge is 2.40. The third-order valence-corrected chi connectivity index (χ3v) is 4.24. The van der Waals surface area contributed by atoms with E-state index in [0.717, 1.165) is 32.6 Å². The second-order valence-electron chi connectivity index (χ2n) is 5.76. The van der Waals surface area contributed by atoms with E-state index >= 15 is 0 Å². The molecule has 2 fully saturated rings. The summed E-state index contributed by atoms with van der Waals surface area (Å²) in [6.07, 6.45) is 3.52. The molecule has 2 heterocycles.